The molecule has 4 nitrogen and oxygen atoms in total. The van der Waals surface area contributed by atoms with E-state index in [1.807, 2.05) is 14.1 Å². The maximum absolute atomic E-state index is 11.6. The topological polar surface area (TPSA) is 41.9 Å². The largest absolute Gasteiger partial charge is 0.465 e. The smallest absolute Gasteiger partial charge is 0.340 e. The molecule has 6 heteroatoms. The summed E-state index contributed by atoms with van der Waals surface area (Å²) in [6.07, 6.45) is 1.57. The monoisotopic (exact) mass is 318 g/mol. The van der Waals surface area contributed by atoms with Gasteiger partial charge in [0.25, 0.3) is 0 Å². The summed E-state index contributed by atoms with van der Waals surface area (Å²) in [6, 6.07) is 3.30. The molecule has 0 spiro atoms. The Labute approximate surface area is 113 Å². The van der Waals surface area contributed by atoms with E-state index in [-0.39, 0.29) is 0 Å². The molecule has 17 heavy (non-hydrogen) atoms. The second-order valence-electron chi connectivity index (χ2n) is 3.48. The molecule has 0 aromatic heterocycles. The second-order valence-corrected chi connectivity index (χ2v) is 4.81. The van der Waals surface area contributed by atoms with E-state index in [0.717, 1.165) is 0 Å². The van der Waals surface area contributed by atoms with Gasteiger partial charge in [0.2, 0.25) is 0 Å². The third-order valence-corrected chi connectivity index (χ3v) is 2.60. The van der Waals surface area contributed by atoms with Crippen molar-refractivity contribution in [2.45, 2.75) is 0 Å². The predicted octanol–water partition coefficient (Wildman–Crippen LogP) is 3.11. The van der Waals surface area contributed by atoms with E-state index >= 15 is 0 Å². The number of methoxy groups -OCH3 is 1. The number of carbonyl (C=O) groups is 1. The lowest BCUT2D eigenvalue weighted by Crippen LogP contribution is -2.08. The zero-order chi connectivity index (χ0) is 13.0. The Morgan fingerprint density at radius 2 is 2.18 bits per heavy atom. The van der Waals surface area contributed by atoms with E-state index in [0.29, 0.717) is 20.7 Å². The van der Waals surface area contributed by atoms with E-state index in [2.05, 4.69) is 25.7 Å². The molecule has 0 heterocycles. The van der Waals surface area contributed by atoms with Crippen molar-refractivity contribution in [1.82, 2.24) is 4.90 Å². The molecule has 0 saturated heterocycles. The lowest BCUT2D eigenvalue weighted by atomic mass is 10.2. The number of aliphatic imine (C=N–C) groups is 1. The molecule has 0 N–H and O–H groups in total. The van der Waals surface area contributed by atoms with Crippen molar-refractivity contribution in [2.75, 3.05) is 21.2 Å². The number of carbonyl (C=O) groups excluding carboxylic acids is 1. The Bertz CT molecular complexity index is 461. The Balaban J connectivity index is 3.30. The fourth-order valence-electron chi connectivity index (χ4n) is 1.14. The average molecular weight is 320 g/mol. The first-order valence-corrected chi connectivity index (χ1v) is 5.90. The fourth-order valence-corrected chi connectivity index (χ4v) is 1.99. The van der Waals surface area contributed by atoms with Crippen LogP contribution in [0.2, 0.25) is 5.02 Å². The summed E-state index contributed by atoms with van der Waals surface area (Å²) in [7, 11) is 4.97. The second kappa shape index (κ2) is 6.02. The molecule has 1 aromatic carbocycles. The van der Waals surface area contributed by atoms with Crippen LogP contribution in [0.4, 0.5) is 5.69 Å². The van der Waals surface area contributed by atoms with Crippen molar-refractivity contribution in [2.24, 2.45) is 4.99 Å². The van der Waals surface area contributed by atoms with Gasteiger partial charge < -0.3 is 9.64 Å². The van der Waals surface area contributed by atoms with Crippen molar-refractivity contribution >= 4 is 45.5 Å². The van der Waals surface area contributed by atoms with Gasteiger partial charge in [0.05, 0.1) is 29.7 Å². The quantitative estimate of drug-likeness (QED) is 0.488. The number of hydrogen-bond acceptors (Lipinski definition) is 3. The number of rotatable bonds is 3. The van der Waals surface area contributed by atoms with Crippen molar-refractivity contribution in [3.05, 3.63) is 27.2 Å². The average Bonchev–Trinajstić information content (AvgIpc) is 2.25. The summed E-state index contributed by atoms with van der Waals surface area (Å²) in [5, 5.41) is 0.387. The predicted molar refractivity (Wildman–Crippen MR) is 72.3 cm³/mol. The molecule has 0 aliphatic heterocycles. The Kier molecular flexibility index (Phi) is 4.96. The van der Waals surface area contributed by atoms with Crippen LogP contribution < -0.4 is 0 Å². The summed E-state index contributed by atoms with van der Waals surface area (Å²) >= 11 is 9.32. The van der Waals surface area contributed by atoms with Crippen LogP contribution in [0.25, 0.3) is 0 Å². The Hall–Kier alpha value is -1.07. The summed E-state index contributed by atoms with van der Waals surface area (Å²) in [6.45, 7) is 0. The van der Waals surface area contributed by atoms with Crippen LogP contribution in [0.5, 0.6) is 0 Å². The minimum Gasteiger partial charge on any atom is -0.465 e. The molecule has 0 saturated carbocycles. The van der Waals surface area contributed by atoms with E-state index < -0.39 is 5.97 Å². The minimum atomic E-state index is -0.473. The van der Waals surface area contributed by atoms with Crippen LogP contribution >= 0.6 is 27.5 Å². The third-order valence-electron chi connectivity index (χ3n) is 1.85. The Morgan fingerprint density at radius 1 is 1.53 bits per heavy atom. The van der Waals surface area contributed by atoms with Crippen LogP contribution in [-0.4, -0.2) is 38.4 Å². The van der Waals surface area contributed by atoms with Gasteiger partial charge in [-0.2, -0.15) is 0 Å². The molecule has 0 bridgehead atoms. The highest BCUT2D eigenvalue weighted by Gasteiger charge is 2.15. The first kappa shape index (κ1) is 14.0. The molecular formula is C11H12BrClN2O2. The molecule has 0 radical (unpaired) electrons. The van der Waals surface area contributed by atoms with Gasteiger partial charge in [-0.05, 0) is 12.1 Å². The summed E-state index contributed by atoms with van der Waals surface area (Å²) in [4.78, 5) is 17.5. The summed E-state index contributed by atoms with van der Waals surface area (Å²) < 4.78 is 5.39. The van der Waals surface area contributed by atoms with Crippen molar-refractivity contribution < 1.29 is 9.53 Å². The van der Waals surface area contributed by atoms with Crippen molar-refractivity contribution in [3.8, 4) is 0 Å². The van der Waals surface area contributed by atoms with E-state index in [9.17, 15) is 4.79 Å². The maximum atomic E-state index is 11.6. The van der Waals surface area contributed by atoms with Gasteiger partial charge in [0.15, 0.2) is 0 Å². The van der Waals surface area contributed by atoms with Crippen molar-refractivity contribution in [1.29, 1.82) is 0 Å². The van der Waals surface area contributed by atoms with E-state index in [1.54, 1.807) is 23.4 Å². The Morgan fingerprint density at radius 3 is 2.71 bits per heavy atom. The zero-order valence-corrected chi connectivity index (χ0v) is 12.0. The highest BCUT2D eigenvalue weighted by molar-refractivity contribution is 9.10. The molecule has 1 aromatic rings. The highest BCUT2D eigenvalue weighted by Crippen LogP contribution is 2.33. The van der Waals surface area contributed by atoms with Gasteiger partial charge in [-0.25, -0.2) is 9.79 Å². The number of ether oxygens (including phenoxy) is 1. The fraction of sp³-hybridized carbons (Fsp3) is 0.273. The third kappa shape index (κ3) is 3.71. The minimum absolute atomic E-state index is 0.324. The van der Waals surface area contributed by atoms with Gasteiger partial charge in [-0.15, -0.1) is 0 Å². The summed E-state index contributed by atoms with van der Waals surface area (Å²) in [5.74, 6) is -0.473. The normalized spacial score (nSPS) is 10.6. The van der Waals surface area contributed by atoms with E-state index in [4.69, 9.17) is 11.6 Å². The van der Waals surface area contributed by atoms with Crippen LogP contribution in [-0.2, 0) is 4.74 Å². The number of benzene rings is 1. The number of halogens is 2. The molecule has 92 valence electrons. The number of nitrogens with zero attached hydrogens (tertiary/aromatic N) is 2. The molecule has 0 unspecified atom stereocenters. The van der Waals surface area contributed by atoms with Crippen LogP contribution in [0.3, 0.4) is 0 Å². The van der Waals surface area contributed by atoms with Gasteiger partial charge in [-0.1, -0.05) is 27.5 Å². The van der Waals surface area contributed by atoms with Crippen LogP contribution in [0, 0.1) is 0 Å². The molecule has 0 fully saturated rings. The molecule has 0 aliphatic carbocycles. The van der Waals surface area contributed by atoms with Gasteiger partial charge >= 0.3 is 5.97 Å². The van der Waals surface area contributed by atoms with Gasteiger partial charge in [0.1, 0.15) is 0 Å². The molecule has 0 amide bonds. The molecule has 1 rings (SSSR count). The molecular weight excluding hydrogens is 307 g/mol. The first-order valence-electron chi connectivity index (χ1n) is 4.73. The van der Waals surface area contributed by atoms with Crippen molar-refractivity contribution in [3.63, 3.8) is 0 Å². The number of hydrogen-bond donors (Lipinski definition) is 0. The zero-order valence-electron chi connectivity index (χ0n) is 9.70. The standard InChI is InChI=1S/C11H12BrClN2O2/c1-15(2)6-14-10-8(11(16)17-3)4-7(12)5-9(10)13/h4-6H,1-3H3. The molecule has 0 atom stereocenters. The summed E-state index contributed by atoms with van der Waals surface area (Å²) in [5.41, 5.74) is 0.723. The van der Waals surface area contributed by atoms with Gasteiger partial charge in [0, 0.05) is 18.6 Å². The number of esters is 1. The van der Waals surface area contributed by atoms with Crippen LogP contribution in [0.15, 0.2) is 21.6 Å². The maximum Gasteiger partial charge on any atom is 0.340 e. The SMILES string of the molecule is COC(=O)c1cc(Br)cc(Cl)c1N=CN(C)C. The first-order chi connectivity index (χ1) is 7.95. The van der Waals surface area contributed by atoms with E-state index in [1.165, 1.54) is 7.11 Å². The molecule has 0 aliphatic rings. The lowest BCUT2D eigenvalue weighted by Gasteiger charge is -2.08. The van der Waals surface area contributed by atoms with Crippen LogP contribution in [0.1, 0.15) is 10.4 Å². The van der Waals surface area contributed by atoms with Gasteiger partial charge in [-0.3, -0.25) is 0 Å². The highest BCUT2D eigenvalue weighted by atomic mass is 79.9. The lowest BCUT2D eigenvalue weighted by molar-refractivity contribution is 0.0601.